The summed E-state index contributed by atoms with van der Waals surface area (Å²) >= 11 is 0. The first-order valence-corrected chi connectivity index (χ1v) is 9.62. The molecule has 2 aliphatic rings. The highest BCUT2D eigenvalue weighted by Crippen LogP contribution is 2.33. The first-order valence-electron chi connectivity index (χ1n) is 9.62. The zero-order valence-corrected chi connectivity index (χ0v) is 16.2. The number of fused-ring (bicyclic) bond motifs is 1. The van der Waals surface area contributed by atoms with Crippen LogP contribution in [0.1, 0.15) is 58.8 Å². The van der Waals surface area contributed by atoms with Gasteiger partial charge in [-0.3, -0.25) is 9.59 Å². The van der Waals surface area contributed by atoms with Crippen LogP contribution < -0.4 is 10.1 Å². The quantitative estimate of drug-likeness (QED) is 0.819. The third-order valence-corrected chi connectivity index (χ3v) is 5.40. The third-order valence-electron chi connectivity index (χ3n) is 5.40. The van der Waals surface area contributed by atoms with Gasteiger partial charge in [-0.15, -0.1) is 0 Å². The van der Waals surface area contributed by atoms with E-state index in [4.69, 9.17) is 9.26 Å². The number of aryl methyl sites for hydroxylation is 1. The standard InChI is InChI=1S/C20H24N4O4/c1-12-7-15(28-23-12)9-18(25)21-10-13-8-16-17(22-19(13)27-2)11-24(20(16)26)14-5-3-4-6-14/h7-8,14H,3-6,9-11H2,1-2H3,(H,21,25). The largest absolute Gasteiger partial charge is 0.481 e. The lowest BCUT2D eigenvalue weighted by atomic mass is 10.1. The van der Waals surface area contributed by atoms with Crippen molar-refractivity contribution in [3.05, 3.63) is 40.4 Å². The summed E-state index contributed by atoms with van der Waals surface area (Å²) in [6.07, 6.45) is 4.56. The molecule has 0 radical (unpaired) electrons. The molecule has 0 saturated heterocycles. The summed E-state index contributed by atoms with van der Waals surface area (Å²) in [5, 5.41) is 6.61. The number of hydrogen-bond acceptors (Lipinski definition) is 6. The summed E-state index contributed by atoms with van der Waals surface area (Å²) in [4.78, 5) is 31.5. The van der Waals surface area contributed by atoms with E-state index in [1.165, 1.54) is 12.8 Å². The van der Waals surface area contributed by atoms with Crippen LogP contribution in [-0.4, -0.2) is 40.0 Å². The molecule has 0 unspecified atom stereocenters. The lowest BCUT2D eigenvalue weighted by Crippen LogP contribution is -2.33. The van der Waals surface area contributed by atoms with E-state index in [0.717, 1.165) is 24.2 Å². The van der Waals surface area contributed by atoms with E-state index in [2.05, 4.69) is 15.5 Å². The zero-order chi connectivity index (χ0) is 19.7. The minimum absolute atomic E-state index is 0.0294. The van der Waals surface area contributed by atoms with Crippen LogP contribution in [0.15, 0.2) is 16.7 Å². The fourth-order valence-electron chi connectivity index (χ4n) is 4.00. The maximum absolute atomic E-state index is 12.9. The van der Waals surface area contributed by atoms with E-state index in [0.29, 0.717) is 35.4 Å². The number of nitrogens with one attached hydrogen (secondary N) is 1. The van der Waals surface area contributed by atoms with Crippen LogP contribution in [-0.2, 0) is 24.3 Å². The van der Waals surface area contributed by atoms with Gasteiger partial charge in [0.2, 0.25) is 11.8 Å². The van der Waals surface area contributed by atoms with E-state index in [-0.39, 0.29) is 24.8 Å². The number of carbonyl (C=O) groups excluding carboxylic acids is 2. The van der Waals surface area contributed by atoms with Crippen molar-refractivity contribution in [1.82, 2.24) is 20.4 Å². The number of amides is 2. The molecule has 1 aliphatic carbocycles. The Kier molecular flexibility index (Phi) is 5.02. The van der Waals surface area contributed by atoms with Gasteiger partial charge < -0.3 is 19.5 Å². The fourth-order valence-corrected chi connectivity index (χ4v) is 4.00. The van der Waals surface area contributed by atoms with Crippen LogP contribution in [0.25, 0.3) is 0 Å². The second-order valence-corrected chi connectivity index (χ2v) is 7.41. The highest BCUT2D eigenvalue weighted by atomic mass is 16.5. The highest BCUT2D eigenvalue weighted by molar-refractivity contribution is 5.98. The Morgan fingerprint density at radius 2 is 2.14 bits per heavy atom. The van der Waals surface area contributed by atoms with Gasteiger partial charge >= 0.3 is 0 Å². The number of ether oxygens (including phenoxy) is 1. The molecule has 1 aliphatic heterocycles. The molecule has 4 rings (SSSR count). The first kappa shape index (κ1) is 18.5. The number of methoxy groups -OCH3 is 1. The Balaban J connectivity index is 1.46. The fraction of sp³-hybridized carbons (Fsp3) is 0.500. The molecular formula is C20H24N4O4. The minimum atomic E-state index is -0.197. The molecule has 0 aromatic carbocycles. The molecular weight excluding hydrogens is 360 g/mol. The third kappa shape index (κ3) is 3.58. The number of carbonyl (C=O) groups is 2. The molecule has 0 spiro atoms. The van der Waals surface area contributed by atoms with Crippen molar-refractivity contribution in [3.63, 3.8) is 0 Å². The molecule has 0 atom stereocenters. The van der Waals surface area contributed by atoms with Crippen LogP contribution in [0.4, 0.5) is 0 Å². The average Bonchev–Trinajstić information content (AvgIpc) is 3.41. The van der Waals surface area contributed by atoms with Gasteiger partial charge in [0.25, 0.3) is 5.91 Å². The lowest BCUT2D eigenvalue weighted by Gasteiger charge is -2.22. The van der Waals surface area contributed by atoms with Crippen LogP contribution in [0.5, 0.6) is 5.88 Å². The molecule has 1 fully saturated rings. The van der Waals surface area contributed by atoms with E-state index in [1.807, 2.05) is 4.90 Å². The summed E-state index contributed by atoms with van der Waals surface area (Å²) in [6, 6.07) is 3.84. The number of rotatable bonds is 6. The summed E-state index contributed by atoms with van der Waals surface area (Å²) in [5.74, 6) is 0.784. The zero-order valence-electron chi connectivity index (χ0n) is 16.2. The monoisotopic (exact) mass is 384 g/mol. The molecule has 1 saturated carbocycles. The molecule has 2 aromatic heterocycles. The van der Waals surface area contributed by atoms with Gasteiger partial charge in [0, 0.05) is 24.2 Å². The van der Waals surface area contributed by atoms with Gasteiger partial charge in [-0.25, -0.2) is 4.98 Å². The van der Waals surface area contributed by atoms with Crippen molar-refractivity contribution in [2.45, 2.75) is 58.2 Å². The van der Waals surface area contributed by atoms with E-state index in [1.54, 1.807) is 26.2 Å². The van der Waals surface area contributed by atoms with Crippen molar-refractivity contribution in [2.75, 3.05) is 7.11 Å². The van der Waals surface area contributed by atoms with Gasteiger partial charge in [-0.2, -0.15) is 0 Å². The SMILES string of the molecule is COc1nc2c(cc1CNC(=O)Cc1cc(C)no1)C(=O)N(C1CCCC1)C2. The normalized spacial score (nSPS) is 16.5. The van der Waals surface area contributed by atoms with E-state index in [9.17, 15) is 9.59 Å². The molecule has 28 heavy (non-hydrogen) atoms. The number of hydrogen-bond donors (Lipinski definition) is 1. The minimum Gasteiger partial charge on any atom is -0.481 e. The number of aromatic nitrogens is 2. The Bertz CT molecular complexity index is 902. The van der Waals surface area contributed by atoms with Crippen molar-refractivity contribution in [2.24, 2.45) is 0 Å². The van der Waals surface area contributed by atoms with Crippen molar-refractivity contribution < 1.29 is 18.8 Å². The summed E-state index contributed by atoms with van der Waals surface area (Å²) in [7, 11) is 1.54. The molecule has 1 N–H and O–H groups in total. The smallest absolute Gasteiger partial charge is 0.256 e. The predicted octanol–water partition coefficient (Wildman–Crippen LogP) is 2.14. The Hall–Kier alpha value is -2.90. The second kappa shape index (κ2) is 7.61. The Labute approximate surface area is 163 Å². The molecule has 8 heteroatoms. The first-order chi connectivity index (χ1) is 13.5. The highest BCUT2D eigenvalue weighted by Gasteiger charge is 2.35. The van der Waals surface area contributed by atoms with Gasteiger partial charge in [-0.05, 0) is 25.8 Å². The summed E-state index contributed by atoms with van der Waals surface area (Å²) < 4.78 is 10.5. The Morgan fingerprint density at radius 1 is 1.36 bits per heavy atom. The molecule has 0 bridgehead atoms. The molecule has 3 heterocycles. The van der Waals surface area contributed by atoms with Gasteiger partial charge in [0.15, 0.2) is 0 Å². The molecule has 2 amide bonds. The summed E-state index contributed by atoms with van der Waals surface area (Å²) in [6.45, 7) is 2.57. The Morgan fingerprint density at radius 3 is 2.82 bits per heavy atom. The summed E-state index contributed by atoms with van der Waals surface area (Å²) in [5.41, 5.74) is 2.78. The average molecular weight is 384 g/mol. The van der Waals surface area contributed by atoms with Crippen LogP contribution in [0.3, 0.4) is 0 Å². The van der Waals surface area contributed by atoms with E-state index < -0.39 is 0 Å². The predicted molar refractivity (Wildman–Crippen MR) is 99.7 cm³/mol. The van der Waals surface area contributed by atoms with E-state index >= 15 is 0 Å². The van der Waals surface area contributed by atoms with Crippen molar-refractivity contribution in [3.8, 4) is 5.88 Å². The van der Waals surface area contributed by atoms with Gasteiger partial charge in [0.05, 0.1) is 37.0 Å². The maximum Gasteiger partial charge on any atom is 0.256 e. The molecule has 8 nitrogen and oxygen atoms in total. The van der Waals surface area contributed by atoms with Crippen molar-refractivity contribution in [1.29, 1.82) is 0 Å². The van der Waals surface area contributed by atoms with Crippen LogP contribution >= 0.6 is 0 Å². The maximum atomic E-state index is 12.9. The number of pyridine rings is 1. The van der Waals surface area contributed by atoms with Crippen molar-refractivity contribution >= 4 is 11.8 Å². The van der Waals surface area contributed by atoms with Gasteiger partial charge in [0.1, 0.15) is 5.76 Å². The van der Waals surface area contributed by atoms with Crippen LogP contribution in [0.2, 0.25) is 0 Å². The topological polar surface area (TPSA) is 97.6 Å². The number of nitrogens with zero attached hydrogens (tertiary/aromatic N) is 3. The molecule has 2 aromatic rings. The van der Waals surface area contributed by atoms with Crippen LogP contribution in [0, 0.1) is 6.92 Å². The molecule has 148 valence electrons. The van der Waals surface area contributed by atoms with Gasteiger partial charge in [-0.1, -0.05) is 18.0 Å². The lowest BCUT2D eigenvalue weighted by molar-refractivity contribution is -0.120. The second-order valence-electron chi connectivity index (χ2n) is 7.41.